The van der Waals surface area contributed by atoms with Gasteiger partial charge in [0.2, 0.25) is 0 Å². The van der Waals surface area contributed by atoms with Gasteiger partial charge in [-0.1, -0.05) is 0 Å². The predicted molar refractivity (Wildman–Crippen MR) is 43.9 cm³/mol. The molecule has 0 spiro atoms. The van der Waals surface area contributed by atoms with Crippen LogP contribution in [0.15, 0.2) is 18.2 Å². The number of hydrogen-bond acceptors (Lipinski definition) is 4. The molecule has 1 aromatic carbocycles. The van der Waals surface area contributed by atoms with Crippen LogP contribution in [-0.2, 0) is 0 Å². The van der Waals surface area contributed by atoms with E-state index in [-0.39, 0.29) is 17.0 Å². The first-order chi connectivity index (χ1) is 5.65. The molecule has 1 rings (SSSR count). The molecule has 4 heteroatoms. The monoisotopic (exact) mass is 167 g/mol. The zero-order valence-corrected chi connectivity index (χ0v) is 6.32. The third-order valence-electron chi connectivity index (χ3n) is 1.48. The number of Topliss-reactive ketones (excluding diaryl/α,β-unsaturated/α-hetero) is 1. The molecule has 0 saturated heterocycles. The maximum atomic E-state index is 10.9. The number of phenols is 1. The van der Waals surface area contributed by atoms with Gasteiger partial charge in [-0.15, -0.1) is 0 Å². The fourth-order valence-electron chi connectivity index (χ4n) is 0.871. The molecular formula is C8H9NO3. The van der Waals surface area contributed by atoms with Crippen LogP contribution in [0.4, 0.5) is 5.69 Å². The van der Waals surface area contributed by atoms with Crippen molar-refractivity contribution in [3.05, 3.63) is 23.8 Å². The summed E-state index contributed by atoms with van der Waals surface area (Å²) in [6, 6.07) is 4.02. The number of hydrogen-bond donors (Lipinski definition) is 3. The van der Waals surface area contributed by atoms with Crippen molar-refractivity contribution in [3.8, 4) is 5.75 Å². The summed E-state index contributed by atoms with van der Waals surface area (Å²) >= 11 is 0. The summed E-state index contributed by atoms with van der Waals surface area (Å²) in [6.07, 6.45) is 0. The number of nitrogens with two attached hydrogens (primary N) is 1. The topological polar surface area (TPSA) is 83.5 Å². The van der Waals surface area contributed by atoms with E-state index >= 15 is 0 Å². The number of benzene rings is 1. The summed E-state index contributed by atoms with van der Waals surface area (Å²) in [6.45, 7) is -0.604. The normalized spacial score (nSPS) is 9.75. The second-order valence-electron chi connectivity index (χ2n) is 2.35. The Morgan fingerprint density at radius 1 is 1.50 bits per heavy atom. The van der Waals surface area contributed by atoms with Gasteiger partial charge in [-0.2, -0.15) is 0 Å². The van der Waals surface area contributed by atoms with Gasteiger partial charge >= 0.3 is 0 Å². The van der Waals surface area contributed by atoms with E-state index in [4.69, 9.17) is 15.9 Å². The Hall–Kier alpha value is -1.55. The highest BCUT2D eigenvalue weighted by atomic mass is 16.3. The molecule has 0 fully saturated rings. The van der Waals surface area contributed by atoms with Crippen molar-refractivity contribution in [1.29, 1.82) is 0 Å². The summed E-state index contributed by atoms with van der Waals surface area (Å²) in [5.41, 5.74) is 5.83. The summed E-state index contributed by atoms with van der Waals surface area (Å²) in [4.78, 5) is 10.9. The highest BCUT2D eigenvalue weighted by molar-refractivity contribution is 6.01. The number of ketones is 1. The lowest BCUT2D eigenvalue weighted by molar-refractivity contribution is 0.0904. The van der Waals surface area contributed by atoms with E-state index in [0.29, 0.717) is 0 Å². The van der Waals surface area contributed by atoms with Gasteiger partial charge in [0.1, 0.15) is 12.4 Å². The molecule has 0 aliphatic carbocycles. The number of phenolic OH excluding ortho intramolecular Hbond substituents is 1. The number of nitrogen functional groups attached to an aromatic ring is 1. The van der Waals surface area contributed by atoms with Crippen LogP contribution >= 0.6 is 0 Å². The third-order valence-corrected chi connectivity index (χ3v) is 1.48. The number of carbonyl (C=O) groups is 1. The zero-order valence-electron chi connectivity index (χ0n) is 6.32. The van der Waals surface area contributed by atoms with Crippen molar-refractivity contribution >= 4 is 11.5 Å². The lowest BCUT2D eigenvalue weighted by atomic mass is 10.1. The number of aliphatic hydroxyl groups excluding tert-OH is 1. The van der Waals surface area contributed by atoms with Crippen LogP contribution in [0.5, 0.6) is 5.75 Å². The second kappa shape index (κ2) is 3.23. The maximum Gasteiger partial charge on any atom is 0.190 e. The van der Waals surface area contributed by atoms with Gasteiger partial charge in [0.25, 0.3) is 0 Å². The maximum absolute atomic E-state index is 10.9. The van der Waals surface area contributed by atoms with Crippen molar-refractivity contribution in [3.63, 3.8) is 0 Å². The minimum absolute atomic E-state index is 0.0407. The molecule has 0 aliphatic rings. The Labute approximate surface area is 69.3 Å². The van der Waals surface area contributed by atoms with Crippen molar-refractivity contribution in [2.24, 2.45) is 0 Å². The van der Waals surface area contributed by atoms with Gasteiger partial charge in [-0.25, -0.2) is 0 Å². The van der Waals surface area contributed by atoms with Gasteiger partial charge in [0.05, 0.1) is 0 Å². The molecule has 4 N–H and O–H groups in total. The molecule has 64 valence electrons. The molecule has 0 amide bonds. The summed E-state index contributed by atoms with van der Waals surface area (Å²) in [5, 5.41) is 17.5. The zero-order chi connectivity index (χ0) is 9.14. The standard InChI is InChI=1S/C8H9NO3/c9-7-2-1-5(11)3-6(7)8(12)4-10/h1-3,10-11H,4,9H2. The van der Waals surface area contributed by atoms with Gasteiger partial charge in [-0.3, -0.25) is 4.79 Å². The molecular weight excluding hydrogens is 158 g/mol. The van der Waals surface area contributed by atoms with Gasteiger partial charge < -0.3 is 15.9 Å². The van der Waals surface area contributed by atoms with Gasteiger partial charge in [0, 0.05) is 11.3 Å². The molecule has 0 aromatic heterocycles. The van der Waals surface area contributed by atoms with Crippen LogP contribution in [0.1, 0.15) is 10.4 Å². The minimum Gasteiger partial charge on any atom is -0.508 e. The van der Waals surface area contributed by atoms with E-state index in [2.05, 4.69) is 0 Å². The van der Waals surface area contributed by atoms with Crippen LogP contribution in [0.2, 0.25) is 0 Å². The Kier molecular flexibility index (Phi) is 2.30. The lowest BCUT2D eigenvalue weighted by Gasteiger charge is -2.02. The first kappa shape index (κ1) is 8.55. The molecule has 1 aromatic rings. The quantitative estimate of drug-likeness (QED) is 0.332. The molecule has 0 radical (unpaired) electrons. The van der Waals surface area contributed by atoms with Crippen LogP contribution in [0.25, 0.3) is 0 Å². The smallest absolute Gasteiger partial charge is 0.190 e. The average Bonchev–Trinajstić information content (AvgIpc) is 2.08. The fraction of sp³-hybridized carbons (Fsp3) is 0.125. The molecule has 4 nitrogen and oxygen atoms in total. The SMILES string of the molecule is Nc1ccc(O)cc1C(=O)CO. The molecule has 0 bridgehead atoms. The second-order valence-corrected chi connectivity index (χ2v) is 2.35. The van der Waals surface area contributed by atoms with E-state index in [0.717, 1.165) is 0 Å². The highest BCUT2D eigenvalue weighted by Crippen LogP contribution is 2.18. The summed E-state index contributed by atoms with van der Waals surface area (Å²) < 4.78 is 0. The first-order valence-corrected chi connectivity index (χ1v) is 3.37. The van der Waals surface area contributed by atoms with Crippen molar-refractivity contribution < 1.29 is 15.0 Å². The van der Waals surface area contributed by atoms with Crippen molar-refractivity contribution in [2.45, 2.75) is 0 Å². The van der Waals surface area contributed by atoms with Crippen LogP contribution < -0.4 is 5.73 Å². The number of carbonyl (C=O) groups excluding carboxylic acids is 1. The van der Waals surface area contributed by atoms with Gasteiger partial charge in [0.15, 0.2) is 5.78 Å². The van der Waals surface area contributed by atoms with E-state index in [1.807, 2.05) is 0 Å². The van der Waals surface area contributed by atoms with Crippen molar-refractivity contribution in [2.75, 3.05) is 12.3 Å². The molecule has 12 heavy (non-hydrogen) atoms. The van der Waals surface area contributed by atoms with Gasteiger partial charge in [-0.05, 0) is 18.2 Å². The Bertz CT molecular complexity index is 309. The Balaban J connectivity index is 3.13. The number of aliphatic hydroxyl groups is 1. The molecule has 0 heterocycles. The molecule has 0 aliphatic heterocycles. The largest absolute Gasteiger partial charge is 0.508 e. The van der Waals surface area contributed by atoms with Crippen LogP contribution in [0.3, 0.4) is 0 Å². The third kappa shape index (κ3) is 1.54. The summed E-state index contributed by atoms with van der Waals surface area (Å²) in [5.74, 6) is -0.538. The summed E-state index contributed by atoms with van der Waals surface area (Å²) in [7, 11) is 0. The lowest BCUT2D eigenvalue weighted by Crippen LogP contribution is -2.07. The molecule has 0 unspecified atom stereocenters. The van der Waals surface area contributed by atoms with E-state index in [1.165, 1.54) is 18.2 Å². The van der Waals surface area contributed by atoms with Crippen molar-refractivity contribution in [1.82, 2.24) is 0 Å². The Morgan fingerprint density at radius 3 is 2.75 bits per heavy atom. The minimum atomic E-state index is -0.604. The number of rotatable bonds is 2. The van der Waals surface area contributed by atoms with Crippen LogP contribution in [-0.4, -0.2) is 22.6 Å². The Morgan fingerprint density at radius 2 is 2.17 bits per heavy atom. The average molecular weight is 167 g/mol. The first-order valence-electron chi connectivity index (χ1n) is 3.37. The van der Waals surface area contributed by atoms with E-state index < -0.39 is 12.4 Å². The number of anilines is 1. The van der Waals surface area contributed by atoms with E-state index in [9.17, 15) is 4.79 Å². The predicted octanol–water partition coefficient (Wildman–Crippen LogP) is 0.149. The van der Waals surface area contributed by atoms with Crippen LogP contribution in [0, 0.1) is 0 Å². The van der Waals surface area contributed by atoms with E-state index in [1.54, 1.807) is 0 Å². The molecule has 0 saturated carbocycles. The number of aromatic hydroxyl groups is 1. The molecule has 0 atom stereocenters. The highest BCUT2D eigenvalue weighted by Gasteiger charge is 2.08. The fourth-order valence-corrected chi connectivity index (χ4v) is 0.871.